The van der Waals surface area contributed by atoms with Gasteiger partial charge in [0.2, 0.25) is 11.8 Å². The molecule has 2 saturated heterocycles. The summed E-state index contributed by atoms with van der Waals surface area (Å²) in [5, 5.41) is 5.74. The standard InChI is InChI=1S/C37H31N3O5/c1-2-17-45-23-15-13-22(14-16-23)39-33(41)31-30-24-7-3-5-9-26(24)37(32(31)36(39)44,27-10-6-4-8-25(27)30)19-38-40-34(42)28-20-11-12-21(18-20)29(28)35(40)43/h3-16,19-21,28-32H,2,17-18H2,1H3/b38-19-/t20-,21-,28+,29+,30?,31+,32+,37?/m0/s1. The molecule has 0 radical (unpaired) electrons. The van der Waals surface area contributed by atoms with E-state index in [1.54, 1.807) is 30.5 Å². The van der Waals surface area contributed by atoms with E-state index in [0.717, 1.165) is 40.1 Å². The van der Waals surface area contributed by atoms with Crippen LogP contribution in [0.4, 0.5) is 5.69 Å². The predicted molar refractivity (Wildman–Crippen MR) is 165 cm³/mol. The maximum Gasteiger partial charge on any atom is 0.254 e. The molecule has 0 N–H and O–H groups in total. The number of hydrazone groups is 1. The van der Waals surface area contributed by atoms with Gasteiger partial charge < -0.3 is 4.74 Å². The van der Waals surface area contributed by atoms with Crippen LogP contribution in [0.25, 0.3) is 0 Å². The normalized spacial score (nSPS) is 33.3. The molecule has 4 amide bonds. The molecule has 7 aliphatic rings. The minimum atomic E-state index is -1.16. The fourth-order valence-electron chi connectivity index (χ4n) is 9.36. The van der Waals surface area contributed by atoms with Crippen LogP contribution in [0.15, 0.2) is 90.0 Å². The van der Waals surface area contributed by atoms with Gasteiger partial charge in [-0.3, -0.25) is 19.2 Å². The third-order valence-electron chi connectivity index (χ3n) is 11.1. The molecule has 2 aliphatic heterocycles. The highest BCUT2D eigenvalue weighted by Crippen LogP contribution is 2.64. The van der Waals surface area contributed by atoms with E-state index < -0.39 is 17.3 Å². The van der Waals surface area contributed by atoms with Crippen molar-refractivity contribution in [1.82, 2.24) is 5.01 Å². The number of ether oxygens (including phenoxy) is 1. The summed E-state index contributed by atoms with van der Waals surface area (Å²) in [4.78, 5) is 57.7. The van der Waals surface area contributed by atoms with E-state index in [-0.39, 0.29) is 53.2 Å². The van der Waals surface area contributed by atoms with Crippen LogP contribution in [0.3, 0.4) is 0 Å². The largest absolute Gasteiger partial charge is 0.494 e. The number of carbonyl (C=O) groups excluding carboxylic acids is 4. The summed E-state index contributed by atoms with van der Waals surface area (Å²) in [7, 11) is 0. The second-order valence-electron chi connectivity index (χ2n) is 13.1. The minimum Gasteiger partial charge on any atom is -0.494 e. The Labute approximate surface area is 260 Å². The van der Waals surface area contributed by atoms with Crippen molar-refractivity contribution in [1.29, 1.82) is 0 Å². The van der Waals surface area contributed by atoms with Crippen molar-refractivity contribution in [3.8, 4) is 5.75 Å². The van der Waals surface area contributed by atoms with Crippen LogP contribution >= 0.6 is 0 Å². The smallest absolute Gasteiger partial charge is 0.254 e. The van der Waals surface area contributed by atoms with Crippen LogP contribution in [0.5, 0.6) is 5.75 Å². The van der Waals surface area contributed by atoms with Gasteiger partial charge >= 0.3 is 0 Å². The van der Waals surface area contributed by atoms with Crippen LogP contribution in [0.2, 0.25) is 0 Å². The summed E-state index contributed by atoms with van der Waals surface area (Å²) < 4.78 is 5.74. The van der Waals surface area contributed by atoms with E-state index in [1.165, 1.54) is 4.90 Å². The highest BCUT2D eigenvalue weighted by atomic mass is 16.5. The van der Waals surface area contributed by atoms with Gasteiger partial charge in [-0.15, -0.1) is 0 Å². The number of imide groups is 2. The topological polar surface area (TPSA) is 96.3 Å². The van der Waals surface area contributed by atoms with Crippen molar-refractivity contribution >= 4 is 35.5 Å². The Hall–Kier alpha value is -4.85. The Morgan fingerprint density at radius 1 is 0.778 bits per heavy atom. The molecule has 3 aromatic rings. The Morgan fingerprint density at radius 2 is 1.38 bits per heavy atom. The number of rotatable bonds is 6. The molecule has 0 aromatic heterocycles. The third kappa shape index (κ3) is 3.29. The maximum absolute atomic E-state index is 14.7. The van der Waals surface area contributed by atoms with Gasteiger partial charge in [0, 0.05) is 12.1 Å². The molecule has 5 aliphatic carbocycles. The van der Waals surface area contributed by atoms with Crippen molar-refractivity contribution < 1.29 is 23.9 Å². The molecule has 3 fully saturated rings. The van der Waals surface area contributed by atoms with Crippen LogP contribution in [0.1, 0.15) is 47.9 Å². The van der Waals surface area contributed by atoms with E-state index in [1.807, 2.05) is 55.5 Å². The zero-order chi connectivity index (χ0) is 30.6. The van der Waals surface area contributed by atoms with Crippen molar-refractivity contribution in [2.75, 3.05) is 11.5 Å². The Bertz CT molecular complexity index is 1800. The van der Waals surface area contributed by atoms with Gasteiger partial charge in [0.25, 0.3) is 11.8 Å². The van der Waals surface area contributed by atoms with Crippen LogP contribution in [0, 0.1) is 35.5 Å². The fraction of sp³-hybridized carbons (Fsp3) is 0.324. The number of fused-ring (bicyclic) bond motifs is 5. The van der Waals surface area contributed by atoms with Crippen molar-refractivity contribution in [3.05, 3.63) is 107 Å². The number of allylic oxidation sites excluding steroid dienone is 2. The summed E-state index contributed by atoms with van der Waals surface area (Å²) in [6.07, 6.45) is 7.46. The number of carbonyl (C=O) groups is 4. The summed E-state index contributed by atoms with van der Waals surface area (Å²) in [6, 6.07) is 22.9. The summed E-state index contributed by atoms with van der Waals surface area (Å²) in [5.41, 5.74) is 3.02. The lowest BCUT2D eigenvalue weighted by Gasteiger charge is -2.52. The molecule has 45 heavy (non-hydrogen) atoms. The average Bonchev–Trinajstić information content (AvgIpc) is 3.82. The van der Waals surface area contributed by atoms with Crippen molar-refractivity contribution in [2.24, 2.45) is 40.6 Å². The first-order valence-electron chi connectivity index (χ1n) is 15.9. The van der Waals surface area contributed by atoms with Gasteiger partial charge in [-0.25, -0.2) is 4.90 Å². The molecule has 4 bridgehead atoms. The Balaban J connectivity index is 1.19. The number of nitrogens with zero attached hydrogens (tertiary/aromatic N) is 3. The van der Waals surface area contributed by atoms with Crippen molar-refractivity contribution in [2.45, 2.75) is 31.1 Å². The number of hydrogen-bond donors (Lipinski definition) is 0. The lowest BCUT2D eigenvalue weighted by atomic mass is 9.47. The average molecular weight is 598 g/mol. The molecule has 8 heteroatoms. The van der Waals surface area contributed by atoms with E-state index in [9.17, 15) is 19.2 Å². The molecular weight excluding hydrogens is 566 g/mol. The quantitative estimate of drug-likeness (QED) is 0.231. The van der Waals surface area contributed by atoms with E-state index in [0.29, 0.717) is 18.0 Å². The van der Waals surface area contributed by atoms with E-state index >= 15 is 0 Å². The van der Waals surface area contributed by atoms with E-state index in [4.69, 9.17) is 9.84 Å². The molecule has 2 heterocycles. The van der Waals surface area contributed by atoms with Crippen molar-refractivity contribution in [3.63, 3.8) is 0 Å². The molecule has 6 atom stereocenters. The first kappa shape index (κ1) is 26.5. The van der Waals surface area contributed by atoms with Gasteiger partial charge in [0.1, 0.15) is 5.75 Å². The molecule has 0 unspecified atom stereocenters. The van der Waals surface area contributed by atoms with Gasteiger partial charge in [0.15, 0.2) is 0 Å². The first-order chi connectivity index (χ1) is 22.0. The number of anilines is 1. The van der Waals surface area contributed by atoms with Crippen LogP contribution < -0.4 is 9.64 Å². The summed E-state index contributed by atoms with van der Waals surface area (Å²) >= 11 is 0. The maximum atomic E-state index is 14.7. The first-order valence-corrected chi connectivity index (χ1v) is 15.9. The lowest BCUT2D eigenvalue weighted by molar-refractivity contribution is -0.140. The molecule has 8 nitrogen and oxygen atoms in total. The SMILES string of the molecule is CCCOc1ccc(N2C(=O)[C@@H]3C4c5ccccc5C(/C=N\N5C(=O)[C@H]6[C@H](C5=O)[C@H]5C=C[C@H]6C5)(c5ccccc54)[C@H]3C2=O)cc1. The zero-order valence-electron chi connectivity index (χ0n) is 24.7. The minimum absolute atomic E-state index is 0.0621. The molecule has 1 saturated carbocycles. The number of benzene rings is 3. The Morgan fingerprint density at radius 3 is 1.98 bits per heavy atom. The fourth-order valence-corrected chi connectivity index (χ4v) is 9.36. The monoisotopic (exact) mass is 597 g/mol. The number of hydrogen-bond acceptors (Lipinski definition) is 6. The van der Waals surface area contributed by atoms with E-state index in [2.05, 4.69) is 12.2 Å². The zero-order valence-corrected chi connectivity index (χ0v) is 24.7. The highest BCUT2D eigenvalue weighted by Gasteiger charge is 2.68. The Kier molecular flexibility index (Phi) is 5.50. The molecule has 224 valence electrons. The van der Waals surface area contributed by atoms with Gasteiger partial charge in [-0.1, -0.05) is 67.6 Å². The van der Waals surface area contributed by atoms with Gasteiger partial charge in [0.05, 0.1) is 41.4 Å². The lowest BCUT2D eigenvalue weighted by Crippen LogP contribution is -2.55. The van der Waals surface area contributed by atoms with Gasteiger partial charge in [-0.05, 0) is 71.2 Å². The molecule has 0 spiro atoms. The highest BCUT2D eigenvalue weighted by molar-refractivity contribution is 6.25. The summed E-state index contributed by atoms with van der Waals surface area (Å²) in [6.45, 7) is 2.61. The summed E-state index contributed by atoms with van der Waals surface area (Å²) in [5.74, 6) is -2.89. The van der Waals surface area contributed by atoms with Crippen LogP contribution in [-0.2, 0) is 24.6 Å². The molecule has 10 rings (SSSR count). The van der Waals surface area contributed by atoms with Crippen LogP contribution in [-0.4, -0.2) is 41.5 Å². The molecular formula is C37H31N3O5. The second kappa shape index (κ2) is 9.33. The van der Waals surface area contributed by atoms with Gasteiger partial charge in [-0.2, -0.15) is 10.1 Å². The third-order valence-corrected chi connectivity index (χ3v) is 11.1. The number of amides is 4. The predicted octanol–water partition coefficient (Wildman–Crippen LogP) is 4.82. The second-order valence-corrected chi connectivity index (χ2v) is 13.1. The molecule has 3 aromatic carbocycles.